The lowest BCUT2D eigenvalue weighted by Gasteiger charge is -2.13. The highest BCUT2D eigenvalue weighted by atomic mass is 35.5. The number of aromatic nitrogens is 2. The van der Waals surface area contributed by atoms with Gasteiger partial charge in [-0.1, -0.05) is 41.9 Å². The van der Waals surface area contributed by atoms with Crippen LogP contribution in [0.3, 0.4) is 0 Å². The number of rotatable bonds is 8. The van der Waals surface area contributed by atoms with E-state index in [2.05, 4.69) is 15.3 Å². The van der Waals surface area contributed by atoms with Crippen molar-refractivity contribution in [1.29, 1.82) is 0 Å². The Bertz CT molecular complexity index is 978. The van der Waals surface area contributed by atoms with E-state index >= 15 is 0 Å². The number of alkyl halides is 3. The first-order valence-electron chi connectivity index (χ1n) is 9.45. The van der Waals surface area contributed by atoms with Crippen LogP contribution in [-0.4, -0.2) is 28.2 Å². The summed E-state index contributed by atoms with van der Waals surface area (Å²) in [6.45, 7) is 0.572. The SMILES string of the molecule is OCCCNc1ncc(Cc2cccc(C(F)(F)F)c2)c(Cc2ccc(Cl)cc2)n1. The molecule has 0 radical (unpaired) electrons. The fourth-order valence-electron chi connectivity index (χ4n) is 2.98. The molecule has 3 rings (SSSR count). The number of nitrogens with zero attached hydrogens (tertiary/aromatic N) is 2. The molecule has 1 aromatic heterocycles. The number of nitrogens with one attached hydrogen (secondary N) is 1. The number of aliphatic hydroxyl groups excluding tert-OH is 1. The molecule has 0 aliphatic rings. The molecule has 0 saturated heterocycles. The van der Waals surface area contributed by atoms with E-state index in [4.69, 9.17) is 16.7 Å². The zero-order valence-corrected chi connectivity index (χ0v) is 16.8. The Balaban J connectivity index is 1.89. The molecule has 0 amide bonds. The Morgan fingerprint density at radius 1 is 1.00 bits per heavy atom. The summed E-state index contributed by atoms with van der Waals surface area (Å²) in [6.07, 6.45) is -1.42. The Labute approximate surface area is 177 Å². The molecule has 8 heteroatoms. The lowest BCUT2D eigenvalue weighted by Crippen LogP contribution is -2.10. The molecular formula is C22H21ClF3N3O. The lowest BCUT2D eigenvalue weighted by molar-refractivity contribution is -0.137. The molecule has 0 bridgehead atoms. The first kappa shape index (κ1) is 22.1. The van der Waals surface area contributed by atoms with Crippen LogP contribution < -0.4 is 5.32 Å². The molecule has 0 atom stereocenters. The average Bonchev–Trinajstić information content (AvgIpc) is 2.71. The van der Waals surface area contributed by atoms with Gasteiger partial charge in [0.25, 0.3) is 0 Å². The predicted octanol–water partition coefficient (Wildman–Crippen LogP) is 5.12. The van der Waals surface area contributed by atoms with E-state index in [9.17, 15) is 13.2 Å². The topological polar surface area (TPSA) is 58.0 Å². The summed E-state index contributed by atoms with van der Waals surface area (Å²) < 4.78 is 39.1. The number of hydrogen-bond acceptors (Lipinski definition) is 4. The second-order valence-electron chi connectivity index (χ2n) is 6.85. The third-order valence-electron chi connectivity index (χ3n) is 4.51. The normalized spacial score (nSPS) is 11.5. The van der Waals surface area contributed by atoms with E-state index < -0.39 is 11.7 Å². The van der Waals surface area contributed by atoms with E-state index in [0.29, 0.717) is 35.9 Å². The monoisotopic (exact) mass is 435 g/mol. The second-order valence-corrected chi connectivity index (χ2v) is 7.28. The van der Waals surface area contributed by atoms with Gasteiger partial charge in [0, 0.05) is 37.2 Å². The molecule has 0 unspecified atom stereocenters. The van der Waals surface area contributed by atoms with E-state index in [-0.39, 0.29) is 13.0 Å². The number of halogens is 4. The van der Waals surface area contributed by atoms with Crippen LogP contribution in [0, 0.1) is 0 Å². The lowest BCUT2D eigenvalue weighted by atomic mass is 9.99. The van der Waals surface area contributed by atoms with Crippen molar-refractivity contribution < 1.29 is 18.3 Å². The zero-order valence-electron chi connectivity index (χ0n) is 16.1. The van der Waals surface area contributed by atoms with Crippen LogP contribution >= 0.6 is 11.6 Å². The first-order valence-corrected chi connectivity index (χ1v) is 9.83. The van der Waals surface area contributed by atoms with Crippen molar-refractivity contribution in [2.24, 2.45) is 0 Å². The maximum Gasteiger partial charge on any atom is 0.416 e. The van der Waals surface area contributed by atoms with Gasteiger partial charge >= 0.3 is 6.18 Å². The van der Waals surface area contributed by atoms with Gasteiger partial charge in [0.05, 0.1) is 11.3 Å². The zero-order chi connectivity index (χ0) is 21.6. The van der Waals surface area contributed by atoms with Crippen molar-refractivity contribution in [1.82, 2.24) is 9.97 Å². The van der Waals surface area contributed by atoms with Crippen molar-refractivity contribution in [2.45, 2.75) is 25.4 Å². The van der Waals surface area contributed by atoms with Gasteiger partial charge in [-0.15, -0.1) is 0 Å². The van der Waals surface area contributed by atoms with E-state index in [0.717, 1.165) is 29.0 Å². The van der Waals surface area contributed by atoms with E-state index in [1.807, 2.05) is 12.1 Å². The molecule has 4 nitrogen and oxygen atoms in total. The molecule has 158 valence electrons. The average molecular weight is 436 g/mol. The molecule has 2 aromatic carbocycles. The smallest absolute Gasteiger partial charge is 0.396 e. The van der Waals surface area contributed by atoms with Gasteiger partial charge in [-0.3, -0.25) is 0 Å². The third kappa shape index (κ3) is 6.18. The van der Waals surface area contributed by atoms with Crippen LogP contribution in [-0.2, 0) is 19.0 Å². The summed E-state index contributed by atoms with van der Waals surface area (Å²) in [6, 6.07) is 12.6. The van der Waals surface area contributed by atoms with Gasteiger partial charge in [0.1, 0.15) is 0 Å². The van der Waals surface area contributed by atoms with Crippen molar-refractivity contribution >= 4 is 17.5 Å². The molecule has 30 heavy (non-hydrogen) atoms. The molecule has 0 saturated carbocycles. The molecule has 0 spiro atoms. The summed E-state index contributed by atoms with van der Waals surface area (Å²) in [5, 5.41) is 12.6. The third-order valence-corrected chi connectivity index (χ3v) is 4.76. The van der Waals surface area contributed by atoms with Gasteiger partial charge in [0.2, 0.25) is 5.95 Å². The minimum atomic E-state index is -4.39. The standard InChI is InChI=1S/C22H21ClF3N3O/c23-19-7-5-15(6-8-19)13-20-17(14-28-21(29-20)27-9-2-10-30)11-16-3-1-4-18(12-16)22(24,25)26/h1,3-8,12,14,30H,2,9-11,13H2,(H,27,28,29). The minimum absolute atomic E-state index is 0.0538. The summed E-state index contributed by atoms with van der Waals surface area (Å²) >= 11 is 5.95. The number of hydrogen-bond donors (Lipinski definition) is 2. The largest absolute Gasteiger partial charge is 0.416 e. The van der Waals surface area contributed by atoms with Crippen molar-refractivity contribution in [3.63, 3.8) is 0 Å². The molecule has 2 N–H and O–H groups in total. The fraction of sp³-hybridized carbons (Fsp3) is 0.273. The van der Waals surface area contributed by atoms with Crippen molar-refractivity contribution in [3.05, 3.63) is 87.7 Å². The van der Waals surface area contributed by atoms with Crippen molar-refractivity contribution in [2.75, 3.05) is 18.5 Å². The quantitative estimate of drug-likeness (QED) is 0.482. The first-order chi connectivity index (χ1) is 14.3. The fourth-order valence-corrected chi connectivity index (χ4v) is 3.11. The van der Waals surface area contributed by atoms with E-state index in [1.165, 1.54) is 6.07 Å². The second kappa shape index (κ2) is 9.91. The summed E-state index contributed by atoms with van der Waals surface area (Å²) in [5.41, 5.74) is 2.30. The molecular weight excluding hydrogens is 415 g/mol. The van der Waals surface area contributed by atoms with Crippen LogP contribution in [0.2, 0.25) is 5.02 Å². The van der Waals surface area contributed by atoms with Gasteiger partial charge in [-0.2, -0.15) is 13.2 Å². The molecule has 0 aliphatic heterocycles. The van der Waals surface area contributed by atoms with Crippen molar-refractivity contribution in [3.8, 4) is 0 Å². The maximum absolute atomic E-state index is 13.0. The van der Waals surface area contributed by atoms with Crippen LogP contribution in [0.5, 0.6) is 0 Å². The molecule has 0 fully saturated rings. The highest BCUT2D eigenvalue weighted by molar-refractivity contribution is 6.30. The molecule has 3 aromatic rings. The number of anilines is 1. The van der Waals surface area contributed by atoms with Crippen LogP contribution in [0.15, 0.2) is 54.7 Å². The number of aliphatic hydroxyl groups is 1. The maximum atomic E-state index is 13.0. The Morgan fingerprint density at radius 2 is 1.77 bits per heavy atom. The number of benzene rings is 2. The summed E-state index contributed by atoms with van der Waals surface area (Å²) in [4.78, 5) is 8.86. The van der Waals surface area contributed by atoms with Gasteiger partial charge in [0.15, 0.2) is 0 Å². The minimum Gasteiger partial charge on any atom is -0.396 e. The summed E-state index contributed by atoms with van der Waals surface area (Å²) in [5.74, 6) is 0.417. The Morgan fingerprint density at radius 3 is 2.47 bits per heavy atom. The molecule has 1 heterocycles. The Kier molecular flexibility index (Phi) is 7.29. The van der Waals surface area contributed by atoms with Gasteiger partial charge in [-0.05, 0) is 41.3 Å². The predicted molar refractivity (Wildman–Crippen MR) is 111 cm³/mol. The van der Waals surface area contributed by atoms with E-state index in [1.54, 1.807) is 24.4 Å². The van der Waals surface area contributed by atoms with Crippen LogP contribution in [0.1, 0.15) is 34.4 Å². The summed E-state index contributed by atoms with van der Waals surface area (Å²) in [7, 11) is 0. The van der Waals surface area contributed by atoms with Crippen LogP contribution in [0.4, 0.5) is 19.1 Å². The highest BCUT2D eigenvalue weighted by Gasteiger charge is 2.30. The van der Waals surface area contributed by atoms with Gasteiger partial charge in [-0.25, -0.2) is 9.97 Å². The highest BCUT2D eigenvalue weighted by Crippen LogP contribution is 2.30. The van der Waals surface area contributed by atoms with Gasteiger partial charge < -0.3 is 10.4 Å². The van der Waals surface area contributed by atoms with Crippen LogP contribution in [0.25, 0.3) is 0 Å². The molecule has 0 aliphatic carbocycles. The Hall–Kier alpha value is -2.64.